The van der Waals surface area contributed by atoms with Crippen LogP contribution in [0.15, 0.2) is 29.1 Å². The topological polar surface area (TPSA) is 61.5 Å². The van der Waals surface area contributed by atoms with Crippen LogP contribution in [0.4, 0.5) is 0 Å². The standard InChI is InChI=1S/C19H26N4O2/c24-19-15-5-1-2-6-16(15)20-18(21-19)17-7-3-9-23(17)11-10-22-8-4-13-25-14-12-22/h1-2,5-6,17H,3-4,7-14H2,(H,20,21,24). The molecule has 3 heterocycles. The normalized spacial score (nSPS) is 23.1. The molecule has 6 nitrogen and oxygen atoms in total. The molecule has 2 fully saturated rings. The zero-order chi connectivity index (χ0) is 17.1. The third-order valence-corrected chi connectivity index (χ3v) is 5.33. The van der Waals surface area contributed by atoms with E-state index in [1.165, 1.54) is 0 Å². The predicted molar refractivity (Wildman–Crippen MR) is 97.8 cm³/mol. The second-order valence-electron chi connectivity index (χ2n) is 6.97. The molecule has 1 N–H and O–H groups in total. The van der Waals surface area contributed by atoms with E-state index in [0.717, 1.165) is 76.5 Å². The van der Waals surface area contributed by atoms with Crippen molar-refractivity contribution in [1.82, 2.24) is 19.8 Å². The summed E-state index contributed by atoms with van der Waals surface area (Å²) in [4.78, 5) is 25.1. The third kappa shape index (κ3) is 3.76. The van der Waals surface area contributed by atoms with Gasteiger partial charge in [0.1, 0.15) is 5.82 Å². The summed E-state index contributed by atoms with van der Waals surface area (Å²) in [7, 11) is 0. The lowest BCUT2D eigenvalue weighted by atomic mass is 10.2. The molecule has 2 aliphatic heterocycles. The first-order valence-corrected chi connectivity index (χ1v) is 9.34. The number of hydrogen-bond donors (Lipinski definition) is 1. The molecule has 2 aromatic rings. The fourth-order valence-corrected chi connectivity index (χ4v) is 3.96. The smallest absolute Gasteiger partial charge is 0.258 e. The maximum Gasteiger partial charge on any atom is 0.258 e. The average Bonchev–Trinajstić information content (AvgIpc) is 2.95. The molecule has 0 radical (unpaired) electrons. The van der Waals surface area contributed by atoms with Crippen LogP contribution in [0.2, 0.25) is 0 Å². The molecular weight excluding hydrogens is 316 g/mol. The number of fused-ring (bicyclic) bond motifs is 1. The maximum absolute atomic E-state index is 12.4. The molecule has 0 amide bonds. The number of aromatic nitrogens is 2. The molecule has 2 aliphatic rings. The highest BCUT2D eigenvalue weighted by molar-refractivity contribution is 5.77. The molecular formula is C19H26N4O2. The van der Waals surface area contributed by atoms with Gasteiger partial charge in [0.05, 0.1) is 23.6 Å². The number of hydrogen-bond acceptors (Lipinski definition) is 5. The quantitative estimate of drug-likeness (QED) is 0.918. The van der Waals surface area contributed by atoms with Crippen LogP contribution in [-0.4, -0.2) is 65.7 Å². The molecule has 2 saturated heterocycles. The van der Waals surface area contributed by atoms with Crippen LogP contribution in [0.25, 0.3) is 10.9 Å². The highest BCUT2D eigenvalue weighted by Gasteiger charge is 2.28. The Morgan fingerprint density at radius 3 is 3.00 bits per heavy atom. The first-order valence-electron chi connectivity index (χ1n) is 9.34. The Kier molecular flexibility index (Phi) is 5.10. The summed E-state index contributed by atoms with van der Waals surface area (Å²) in [5, 5.41) is 0.667. The summed E-state index contributed by atoms with van der Waals surface area (Å²) in [5.41, 5.74) is 0.759. The molecule has 0 spiro atoms. The molecule has 6 heteroatoms. The van der Waals surface area contributed by atoms with Crippen molar-refractivity contribution in [3.05, 3.63) is 40.4 Å². The van der Waals surface area contributed by atoms with Gasteiger partial charge in [0.2, 0.25) is 0 Å². The van der Waals surface area contributed by atoms with Crippen molar-refractivity contribution in [2.45, 2.75) is 25.3 Å². The van der Waals surface area contributed by atoms with Gasteiger partial charge in [0.25, 0.3) is 5.56 Å². The predicted octanol–water partition coefficient (Wildman–Crippen LogP) is 1.78. The number of likely N-dealkylation sites (tertiary alicyclic amines) is 1. The summed E-state index contributed by atoms with van der Waals surface area (Å²) < 4.78 is 5.54. The van der Waals surface area contributed by atoms with E-state index in [0.29, 0.717) is 5.39 Å². The molecule has 4 rings (SSSR count). The Hall–Kier alpha value is -1.76. The van der Waals surface area contributed by atoms with Crippen LogP contribution >= 0.6 is 0 Å². The lowest BCUT2D eigenvalue weighted by Crippen LogP contribution is -2.37. The Labute approximate surface area is 147 Å². The fourth-order valence-electron chi connectivity index (χ4n) is 3.96. The van der Waals surface area contributed by atoms with Gasteiger partial charge in [-0.1, -0.05) is 12.1 Å². The minimum atomic E-state index is -0.0304. The van der Waals surface area contributed by atoms with Crippen LogP contribution in [0.3, 0.4) is 0 Å². The van der Waals surface area contributed by atoms with Crippen molar-refractivity contribution >= 4 is 10.9 Å². The van der Waals surface area contributed by atoms with Gasteiger partial charge in [-0.25, -0.2) is 4.98 Å². The number of rotatable bonds is 4. The SMILES string of the molecule is O=c1[nH]c(C2CCCN2CCN2CCCOCC2)nc2ccccc12. The number of benzene rings is 1. The number of nitrogens with zero attached hydrogens (tertiary/aromatic N) is 3. The van der Waals surface area contributed by atoms with Crippen LogP contribution < -0.4 is 5.56 Å². The van der Waals surface area contributed by atoms with E-state index in [2.05, 4.69) is 14.8 Å². The molecule has 134 valence electrons. The average molecular weight is 342 g/mol. The Morgan fingerprint density at radius 1 is 1.12 bits per heavy atom. The largest absolute Gasteiger partial charge is 0.380 e. The summed E-state index contributed by atoms with van der Waals surface area (Å²) in [6.45, 7) is 6.99. The van der Waals surface area contributed by atoms with Gasteiger partial charge < -0.3 is 9.72 Å². The van der Waals surface area contributed by atoms with Gasteiger partial charge >= 0.3 is 0 Å². The number of aromatic amines is 1. The third-order valence-electron chi connectivity index (χ3n) is 5.33. The van der Waals surface area contributed by atoms with Crippen molar-refractivity contribution < 1.29 is 4.74 Å². The molecule has 1 aromatic carbocycles. The fraction of sp³-hybridized carbons (Fsp3) is 0.579. The maximum atomic E-state index is 12.4. The number of para-hydroxylation sites is 1. The van der Waals surface area contributed by atoms with Gasteiger partial charge in [-0.15, -0.1) is 0 Å². The molecule has 0 saturated carbocycles. The van der Waals surface area contributed by atoms with Crippen molar-refractivity contribution in [2.75, 3.05) is 45.9 Å². The van der Waals surface area contributed by atoms with Gasteiger partial charge in [-0.3, -0.25) is 14.6 Å². The Bertz CT molecular complexity index is 767. The zero-order valence-corrected chi connectivity index (χ0v) is 14.6. The molecule has 1 atom stereocenters. The highest BCUT2D eigenvalue weighted by atomic mass is 16.5. The zero-order valence-electron chi connectivity index (χ0n) is 14.6. The molecule has 0 aliphatic carbocycles. The van der Waals surface area contributed by atoms with Crippen LogP contribution in [0.5, 0.6) is 0 Å². The summed E-state index contributed by atoms with van der Waals surface area (Å²) >= 11 is 0. The van der Waals surface area contributed by atoms with E-state index in [-0.39, 0.29) is 11.6 Å². The first kappa shape index (κ1) is 16.7. The van der Waals surface area contributed by atoms with Crippen molar-refractivity contribution in [2.24, 2.45) is 0 Å². The number of H-pyrrole nitrogens is 1. The summed E-state index contributed by atoms with van der Waals surface area (Å²) in [6.07, 6.45) is 3.33. The van der Waals surface area contributed by atoms with E-state index in [1.807, 2.05) is 24.3 Å². The monoisotopic (exact) mass is 342 g/mol. The van der Waals surface area contributed by atoms with Crippen molar-refractivity contribution in [1.29, 1.82) is 0 Å². The van der Waals surface area contributed by atoms with Crippen LogP contribution in [0.1, 0.15) is 31.1 Å². The van der Waals surface area contributed by atoms with Crippen LogP contribution in [0, 0.1) is 0 Å². The van der Waals surface area contributed by atoms with E-state index >= 15 is 0 Å². The lowest BCUT2D eigenvalue weighted by Gasteiger charge is -2.27. The first-order chi connectivity index (χ1) is 12.3. The molecule has 1 unspecified atom stereocenters. The van der Waals surface area contributed by atoms with Gasteiger partial charge in [-0.2, -0.15) is 0 Å². The Balaban J connectivity index is 1.48. The number of nitrogens with one attached hydrogen (secondary N) is 1. The molecule has 25 heavy (non-hydrogen) atoms. The van der Waals surface area contributed by atoms with Gasteiger partial charge in [-0.05, 0) is 37.9 Å². The van der Waals surface area contributed by atoms with Gasteiger partial charge in [0, 0.05) is 32.8 Å². The Morgan fingerprint density at radius 2 is 2.04 bits per heavy atom. The summed E-state index contributed by atoms with van der Waals surface area (Å²) in [6, 6.07) is 7.79. The van der Waals surface area contributed by atoms with E-state index in [1.54, 1.807) is 0 Å². The highest BCUT2D eigenvalue weighted by Crippen LogP contribution is 2.29. The van der Waals surface area contributed by atoms with Crippen molar-refractivity contribution in [3.8, 4) is 0 Å². The second kappa shape index (κ2) is 7.64. The summed E-state index contributed by atoms with van der Waals surface area (Å²) in [5.74, 6) is 0.820. The molecule has 1 aromatic heterocycles. The van der Waals surface area contributed by atoms with Crippen LogP contribution in [-0.2, 0) is 4.74 Å². The van der Waals surface area contributed by atoms with Gasteiger partial charge in [0.15, 0.2) is 0 Å². The van der Waals surface area contributed by atoms with E-state index in [9.17, 15) is 4.79 Å². The van der Waals surface area contributed by atoms with E-state index in [4.69, 9.17) is 9.72 Å². The van der Waals surface area contributed by atoms with Crippen molar-refractivity contribution in [3.63, 3.8) is 0 Å². The second-order valence-corrected chi connectivity index (χ2v) is 6.97. The minimum Gasteiger partial charge on any atom is -0.380 e. The van der Waals surface area contributed by atoms with E-state index < -0.39 is 0 Å². The molecule has 0 bridgehead atoms. The minimum absolute atomic E-state index is 0.0304. The number of ether oxygens (including phenoxy) is 1. The lowest BCUT2D eigenvalue weighted by molar-refractivity contribution is 0.136.